The van der Waals surface area contributed by atoms with Gasteiger partial charge in [-0.2, -0.15) is 0 Å². The zero-order chi connectivity index (χ0) is 15.2. The molecule has 0 aliphatic carbocycles. The average molecular weight is 308 g/mol. The van der Waals surface area contributed by atoms with Crippen molar-refractivity contribution in [2.45, 2.75) is 50.2 Å². The molecule has 0 bridgehead atoms. The van der Waals surface area contributed by atoms with E-state index in [2.05, 4.69) is 23.8 Å². The maximum Gasteiger partial charge on any atom is 0.0938 e. The molecule has 0 amide bonds. The number of hydrogen-bond acceptors (Lipinski definition) is 4. The Morgan fingerprint density at radius 2 is 1.73 bits per heavy atom. The standard InChI is InChI=1S/C18H32N2O2/c1-15-9-17(21-11-15)4-7-20(8-5-17)6-3-16-10-18(22-12-16)13-19(2)14-18/h15-16H,3-14H2,1-2H3/t15-,16?/m0/s1. The molecule has 0 aromatic carbocycles. The largest absolute Gasteiger partial charge is 0.375 e. The lowest BCUT2D eigenvalue weighted by molar-refractivity contribution is -0.100. The van der Waals surface area contributed by atoms with Crippen LogP contribution in [0.25, 0.3) is 0 Å². The van der Waals surface area contributed by atoms with Crippen LogP contribution < -0.4 is 0 Å². The van der Waals surface area contributed by atoms with Crippen LogP contribution in [0, 0.1) is 11.8 Å². The first-order chi connectivity index (χ1) is 10.6. The molecule has 0 radical (unpaired) electrons. The summed E-state index contributed by atoms with van der Waals surface area (Å²) >= 11 is 0. The van der Waals surface area contributed by atoms with Crippen molar-refractivity contribution in [2.75, 3.05) is 53.0 Å². The molecular formula is C18H32N2O2. The van der Waals surface area contributed by atoms with E-state index in [4.69, 9.17) is 9.47 Å². The van der Waals surface area contributed by atoms with Crippen LogP contribution >= 0.6 is 0 Å². The maximum atomic E-state index is 6.13. The van der Waals surface area contributed by atoms with Crippen molar-refractivity contribution in [1.82, 2.24) is 9.80 Å². The summed E-state index contributed by atoms with van der Waals surface area (Å²) in [5.74, 6) is 1.55. The topological polar surface area (TPSA) is 24.9 Å². The van der Waals surface area contributed by atoms with Crippen molar-refractivity contribution >= 4 is 0 Å². The molecule has 0 aromatic heterocycles. The van der Waals surface area contributed by atoms with Gasteiger partial charge in [0.15, 0.2) is 0 Å². The number of ether oxygens (including phenoxy) is 2. The fraction of sp³-hybridized carbons (Fsp3) is 1.00. The van der Waals surface area contributed by atoms with E-state index in [1.54, 1.807) is 0 Å². The van der Waals surface area contributed by atoms with Crippen molar-refractivity contribution < 1.29 is 9.47 Å². The molecule has 126 valence electrons. The molecule has 4 aliphatic rings. The van der Waals surface area contributed by atoms with Crippen LogP contribution in [0.3, 0.4) is 0 Å². The highest BCUT2D eigenvalue weighted by Crippen LogP contribution is 2.40. The van der Waals surface area contributed by atoms with E-state index in [0.29, 0.717) is 0 Å². The van der Waals surface area contributed by atoms with Gasteiger partial charge in [0.05, 0.1) is 17.8 Å². The normalized spacial score (nSPS) is 37.9. The predicted octanol–water partition coefficient (Wildman–Crippen LogP) is 1.99. The Bertz CT molecular complexity index is 400. The average Bonchev–Trinajstić information content (AvgIpc) is 3.04. The number of likely N-dealkylation sites (N-methyl/N-ethyl adjacent to an activating group) is 1. The minimum Gasteiger partial charge on any atom is -0.375 e. The van der Waals surface area contributed by atoms with E-state index in [1.165, 1.54) is 51.7 Å². The van der Waals surface area contributed by atoms with Crippen LogP contribution in [-0.2, 0) is 9.47 Å². The molecule has 4 aliphatic heterocycles. The zero-order valence-corrected chi connectivity index (χ0v) is 14.4. The van der Waals surface area contributed by atoms with Gasteiger partial charge in [-0.1, -0.05) is 6.92 Å². The molecule has 2 spiro atoms. The number of hydrogen-bond donors (Lipinski definition) is 0. The lowest BCUT2D eigenvalue weighted by atomic mass is 9.85. The Balaban J connectivity index is 1.18. The number of likely N-dealkylation sites (tertiary alicyclic amines) is 2. The Hall–Kier alpha value is -0.160. The first kappa shape index (κ1) is 15.4. The molecule has 22 heavy (non-hydrogen) atoms. The van der Waals surface area contributed by atoms with Gasteiger partial charge in [-0.3, -0.25) is 0 Å². The van der Waals surface area contributed by atoms with Crippen molar-refractivity contribution in [3.63, 3.8) is 0 Å². The van der Waals surface area contributed by atoms with Crippen LogP contribution in [0.4, 0.5) is 0 Å². The minimum atomic E-state index is 0.235. The Labute approximate surface area is 135 Å². The van der Waals surface area contributed by atoms with Crippen molar-refractivity contribution in [3.05, 3.63) is 0 Å². The van der Waals surface area contributed by atoms with E-state index >= 15 is 0 Å². The minimum absolute atomic E-state index is 0.235. The summed E-state index contributed by atoms with van der Waals surface area (Å²) < 4.78 is 12.2. The van der Waals surface area contributed by atoms with Gasteiger partial charge in [-0.25, -0.2) is 0 Å². The van der Waals surface area contributed by atoms with E-state index in [-0.39, 0.29) is 11.2 Å². The maximum absolute atomic E-state index is 6.13. The zero-order valence-electron chi connectivity index (χ0n) is 14.4. The fourth-order valence-electron chi connectivity index (χ4n) is 5.25. The molecule has 4 heterocycles. The molecule has 0 N–H and O–H groups in total. The van der Waals surface area contributed by atoms with E-state index in [0.717, 1.165) is 38.1 Å². The Morgan fingerprint density at radius 3 is 2.36 bits per heavy atom. The van der Waals surface area contributed by atoms with Crippen LogP contribution in [0.1, 0.15) is 39.0 Å². The fourth-order valence-corrected chi connectivity index (χ4v) is 5.25. The molecule has 4 rings (SSSR count). The quantitative estimate of drug-likeness (QED) is 0.796. The Morgan fingerprint density at radius 1 is 1.00 bits per heavy atom. The van der Waals surface area contributed by atoms with Crippen LogP contribution in [0.15, 0.2) is 0 Å². The molecule has 4 heteroatoms. The second-order valence-electron chi connectivity index (χ2n) is 8.67. The van der Waals surface area contributed by atoms with Crippen molar-refractivity contribution in [3.8, 4) is 0 Å². The lowest BCUT2D eigenvalue weighted by Gasteiger charge is -2.45. The van der Waals surface area contributed by atoms with Gasteiger partial charge < -0.3 is 19.3 Å². The first-order valence-corrected chi connectivity index (χ1v) is 9.25. The summed E-state index contributed by atoms with van der Waals surface area (Å²) in [5.41, 5.74) is 0.478. The predicted molar refractivity (Wildman–Crippen MR) is 87.0 cm³/mol. The summed E-state index contributed by atoms with van der Waals surface area (Å²) in [6.45, 7) is 10.3. The summed E-state index contributed by atoms with van der Waals surface area (Å²) in [6.07, 6.45) is 6.37. The number of piperidine rings is 1. The molecule has 4 saturated heterocycles. The Kier molecular flexibility index (Phi) is 4.00. The molecule has 4 fully saturated rings. The van der Waals surface area contributed by atoms with E-state index in [9.17, 15) is 0 Å². The SMILES string of the molecule is C[C@@H]1COC2(CCN(CCC3COC4(C3)CN(C)C4)CC2)C1. The second-order valence-corrected chi connectivity index (χ2v) is 8.67. The highest BCUT2D eigenvalue weighted by molar-refractivity contribution is 5.01. The van der Waals surface area contributed by atoms with Crippen LogP contribution in [0.2, 0.25) is 0 Å². The number of rotatable bonds is 3. The summed E-state index contributed by atoms with van der Waals surface area (Å²) in [4.78, 5) is 5.03. The molecule has 2 atom stereocenters. The molecule has 4 nitrogen and oxygen atoms in total. The highest BCUT2D eigenvalue weighted by atomic mass is 16.5. The van der Waals surface area contributed by atoms with Gasteiger partial charge in [0, 0.05) is 32.8 Å². The summed E-state index contributed by atoms with van der Waals surface area (Å²) in [6, 6.07) is 0. The second kappa shape index (κ2) is 5.73. The third-order valence-corrected chi connectivity index (χ3v) is 6.42. The highest BCUT2D eigenvalue weighted by Gasteiger charge is 2.48. The third-order valence-electron chi connectivity index (χ3n) is 6.42. The van der Waals surface area contributed by atoms with Gasteiger partial charge in [0.2, 0.25) is 0 Å². The molecule has 1 unspecified atom stereocenters. The first-order valence-electron chi connectivity index (χ1n) is 9.25. The van der Waals surface area contributed by atoms with Gasteiger partial charge in [0.25, 0.3) is 0 Å². The number of nitrogens with zero attached hydrogens (tertiary/aromatic N) is 2. The van der Waals surface area contributed by atoms with Gasteiger partial charge in [0.1, 0.15) is 0 Å². The molecule has 0 saturated carbocycles. The van der Waals surface area contributed by atoms with Gasteiger partial charge in [-0.05, 0) is 57.5 Å². The van der Waals surface area contributed by atoms with Crippen molar-refractivity contribution in [2.24, 2.45) is 11.8 Å². The van der Waals surface area contributed by atoms with Crippen LogP contribution in [-0.4, -0.2) is 74.0 Å². The lowest BCUT2D eigenvalue weighted by Crippen LogP contribution is -2.59. The van der Waals surface area contributed by atoms with E-state index in [1.807, 2.05) is 0 Å². The summed E-state index contributed by atoms with van der Waals surface area (Å²) in [7, 11) is 2.19. The van der Waals surface area contributed by atoms with Gasteiger partial charge >= 0.3 is 0 Å². The summed E-state index contributed by atoms with van der Waals surface area (Å²) in [5, 5.41) is 0. The third kappa shape index (κ3) is 2.95. The van der Waals surface area contributed by atoms with E-state index < -0.39 is 0 Å². The molecular weight excluding hydrogens is 276 g/mol. The smallest absolute Gasteiger partial charge is 0.0938 e. The van der Waals surface area contributed by atoms with Crippen molar-refractivity contribution in [1.29, 1.82) is 0 Å². The van der Waals surface area contributed by atoms with Crippen LogP contribution in [0.5, 0.6) is 0 Å². The monoisotopic (exact) mass is 308 g/mol. The van der Waals surface area contributed by atoms with Gasteiger partial charge in [-0.15, -0.1) is 0 Å². The molecule has 0 aromatic rings.